The molecule has 0 heterocycles. The van der Waals surface area contributed by atoms with Gasteiger partial charge in [-0.1, -0.05) is 37.4 Å². The summed E-state index contributed by atoms with van der Waals surface area (Å²) in [6.45, 7) is 4.25. The first-order chi connectivity index (χ1) is 7.65. The van der Waals surface area contributed by atoms with E-state index >= 15 is 0 Å². The molecule has 16 heavy (non-hydrogen) atoms. The molecule has 0 unspecified atom stereocenters. The third-order valence-electron chi connectivity index (χ3n) is 2.53. The van der Waals surface area contributed by atoms with E-state index in [9.17, 15) is 0 Å². The van der Waals surface area contributed by atoms with Crippen LogP contribution >= 0.6 is 11.6 Å². The Morgan fingerprint density at radius 2 is 2.12 bits per heavy atom. The summed E-state index contributed by atoms with van der Waals surface area (Å²) in [5.41, 5.74) is 6.42. The Morgan fingerprint density at radius 3 is 2.75 bits per heavy atom. The van der Waals surface area contributed by atoms with Crippen molar-refractivity contribution in [3.05, 3.63) is 23.2 Å². The van der Waals surface area contributed by atoms with Gasteiger partial charge >= 0.3 is 0 Å². The zero-order valence-corrected chi connectivity index (χ0v) is 10.8. The fraction of sp³-hybridized carbons (Fsp3) is 0.538. The van der Waals surface area contributed by atoms with Crippen LogP contribution in [-0.2, 0) is 0 Å². The maximum Gasteiger partial charge on any atom is 0.161 e. The topological polar surface area (TPSA) is 35.2 Å². The van der Waals surface area contributed by atoms with E-state index in [1.807, 2.05) is 6.07 Å². The molecule has 0 aliphatic carbocycles. The lowest BCUT2D eigenvalue weighted by Crippen LogP contribution is -2.12. The quantitative estimate of drug-likeness (QED) is 0.596. The molecular formula is C13H20ClNO. The Hall–Kier alpha value is -0.890. The van der Waals surface area contributed by atoms with Gasteiger partial charge in [0.1, 0.15) is 0 Å². The predicted octanol–water partition coefficient (Wildman–Crippen LogP) is 4.27. The molecule has 0 aromatic heterocycles. The highest BCUT2D eigenvalue weighted by molar-refractivity contribution is 6.32. The monoisotopic (exact) mass is 241 g/mol. The van der Waals surface area contributed by atoms with Crippen LogP contribution in [0.4, 0.5) is 5.69 Å². The third-order valence-corrected chi connectivity index (χ3v) is 2.83. The summed E-state index contributed by atoms with van der Waals surface area (Å²) >= 11 is 6.03. The van der Waals surface area contributed by atoms with Crippen molar-refractivity contribution in [3.63, 3.8) is 0 Å². The molecular weight excluding hydrogens is 222 g/mol. The van der Waals surface area contributed by atoms with Gasteiger partial charge in [-0.25, -0.2) is 0 Å². The van der Waals surface area contributed by atoms with Gasteiger partial charge in [0.15, 0.2) is 5.75 Å². The second kappa shape index (κ2) is 6.64. The Labute approximate surface area is 103 Å². The minimum atomic E-state index is 0.161. The second-order valence-corrected chi connectivity index (χ2v) is 4.49. The van der Waals surface area contributed by atoms with Gasteiger partial charge in [-0.3, -0.25) is 0 Å². The molecule has 0 radical (unpaired) electrons. The highest BCUT2D eigenvalue weighted by Crippen LogP contribution is 2.31. The Bertz CT molecular complexity index is 307. The van der Waals surface area contributed by atoms with Crippen molar-refractivity contribution in [1.82, 2.24) is 0 Å². The SMILES string of the molecule is CCCCC[C@H](C)Oc1c(N)cccc1Cl. The maximum absolute atomic E-state index is 6.03. The number of hydrogen-bond donors (Lipinski definition) is 1. The molecule has 1 rings (SSSR count). The normalized spacial score (nSPS) is 12.4. The van der Waals surface area contributed by atoms with Crippen LogP contribution < -0.4 is 10.5 Å². The highest BCUT2D eigenvalue weighted by atomic mass is 35.5. The summed E-state index contributed by atoms with van der Waals surface area (Å²) < 4.78 is 5.77. The van der Waals surface area contributed by atoms with E-state index in [0.717, 1.165) is 6.42 Å². The van der Waals surface area contributed by atoms with Gasteiger partial charge in [-0.05, 0) is 31.9 Å². The van der Waals surface area contributed by atoms with Gasteiger partial charge in [0.05, 0.1) is 16.8 Å². The van der Waals surface area contributed by atoms with Crippen molar-refractivity contribution in [2.75, 3.05) is 5.73 Å². The molecule has 1 aromatic carbocycles. The minimum absolute atomic E-state index is 0.161. The first kappa shape index (κ1) is 13.2. The molecule has 2 N–H and O–H groups in total. The first-order valence-electron chi connectivity index (χ1n) is 5.85. The predicted molar refractivity (Wildman–Crippen MR) is 70.1 cm³/mol. The highest BCUT2D eigenvalue weighted by Gasteiger charge is 2.09. The van der Waals surface area contributed by atoms with Gasteiger partial charge in [0.2, 0.25) is 0 Å². The molecule has 3 heteroatoms. The van der Waals surface area contributed by atoms with Crippen molar-refractivity contribution in [1.29, 1.82) is 0 Å². The molecule has 1 aromatic rings. The maximum atomic E-state index is 6.03. The molecule has 1 atom stereocenters. The number of ether oxygens (including phenoxy) is 1. The molecule has 0 aliphatic rings. The number of anilines is 1. The third kappa shape index (κ3) is 3.93. The molecule has 0 bridgehead atoms. The summed E-state index contributed by atoms with van der Waals surface area (Å²) in [5.74, 6) is 0.619. The fourth-order valence-electron chi connectivity index (χ4n) is 1.59. The largest absolute Gasteiger partial charge is 0.487 e. The molecule has 2 nitrogen and oxygen atoms in total. The molecule has 0 amide bonds. The number of benzene rings is 1. The van der Waals surface area contributed by atoms with Crippen LogP contribution in [-0.4, -0.2) is 6.10 Å². The summed E-state index contributed by atoms with van der Waals surface area (Å²) in [5, 5.41) is 0.586. The number of para-hydroxylation sites is 1. The lowest BCUT2D eigenvalue weighted by Gasteiger charge is -2.17. The zero-order chi connectivity index (χ0) is 12.0. The van der Waals surface area contributed by atoms with Crippen LogP contribution in [0.3, 0.4) is 0 Å². The lowest BCUT2D eigenvalue weighted by molar-refractivity contribution is 0.208. The average Bonchev–Trinajstić information content (AvgIpc) is 2.24. The van der Waals surface area contributed by atoms with E-state index in [1.165, 1.54) is 19.3 Å². The van der Waals surface area contributed by atoms with Crippen molar-refractivity contribution in [2.45, 2.75) is 45.6 Å². The van der Waals surface area contributed by atoms with Gasteiger partial charge in [-0.15, -0.1) is 0 Å². The fourth-order valence-corrected chi connectivity index (χ4v) is 1.82. The van der Waals surface area contributed by atoms with E-state index < -0.39 is 0 Å². The number of nitrogen functional groups attached to an aromatic ring is 1. The Kier molecular flexibility index (Phi) is 5.47. The summed E-state index contributed by atoms with van der Waals surface area (Å²) in [6.07, 6.45) is 4.85. The number of halogens is 1. The minimum Gasteiger partial charge on any atom is -0.487 e. The van der Waals surface area contributed by atoms with E-state index in [0.29, 0.717) is 16.5 Å². The van der Waals surface area contributed by atoms with Crippen molar-refractivity contribution in [3.8, 4) is 5.75 Å². The van der Waals surface area contributed by atoms with Crippen LogP contribution in [0.25, 0.3) is 0 Å². The number of unbranched alkanes of at least 4 members (excludes halogenated alkanes) is 2. The van der Waals surface area contributed by atoms with Crippen molar-refractivity contribution in [2.24, 2.45) is 0 Å². The van der Waals surface area contributed by atoms with E-state index in [-0.39, 0.29) is 6.10 Å². The number of rotatable bonds is 6. The molecule has 0 saturated carbocycles. The summed E-state index contributed by atoms with van der Waals surface area (Å²) in [7, 11) is 0. The summed E-state index contributed by atoms with van der Waals surface area (Å²) in [4.78, 5) is 0. The zero-order valence-electron chi connectivity index (χ0n) is 10.0. The van der Waals surface area contributed by atoms with Crippen LogP contribution in [0, 0.1) is 0 Å². The number of hydrogen-bond acceptors (Lipinski definition) is 2. The van der Waals surface area contributed by atoms with E-state index in [1.54, 1.807) is 12.1 Å². The van der Waals surface area contributed by atoms with E-state index in [4.69, 9.17) is 22.1 Å². The van der Waals surface area contributed by atoms with Gasteiger partial charge in [0.25, 0.3) is 0 Å². The van der Waals surface area contributed by atoms with Crippen molar-refractivity contribution < 1.29 is 4.74 Å². The van der Waals surface area contributed by atoms with Gasteiger partial charge in [-0.2, -0.15) is 0 Å². The second-order valence-electron chi connectivity index (χ2n) is 4.08. The Balaban J connectivity index is 2.52. The van der Waals surface area contributed by atoms with Gasteiger partial charge < -0.3 is 10.5 Å². The van der Waals surface area contributed by atoms with Crippen molar-refractivity contribution >= 4 is 17.3 Å². The summed E-state index contributed by atoms with van der Waals surface area (Å²) in [6, 6.07) is 5.43. The lowest BCUT2D eigenvalue weighted by atomic mass is 10.1. The smallest absolute Gasteiger partial charge is 0.161 e. The standard InChI is InChI=1S/C13H20ClNO/c1-3-4-5-7-10(2)16-13-11(14)8-6-9-12(13)15/h6,8-10H,3-5,7,15H2,1-2H3/t10-/m0/s1. The molecule has 0 fully saturated rings. The van der Waals surface area contributed by atoms with Crippen LogP contribution in [0.5, 0.6) is 5.75 Å². The molecule has 0 saturated heterocycles. The molecule has 90 valence electrons. The van der Waals surface area contributed by atoms with Crippen LogP contribution in [0.2, 0.25) is 5.02 Å². The Morgan fingerprint density at radius 1 is 1.38 bits per heavy atom. The van der Waals surface area contributed by atoms with Gasteiger partial charge in [0, 0.05) is 0 Å². The van der Waals surface area contributed by atoms with Crippen LogP contribution in [0.15, 0.2) is 18.2 Å². The average molecular weight is 242 g/mol. The molecule has 0 spiro atoms. The van der Waals surface area contributed by atoms with E-state index in [2.05, 4.69) is 13.8 Å². The first-order valence-corrected chi connectivity index (χ1v) is 6.23. The number of nitrogens with two attached hydrogens (primary N) is 1. The van der Waals surface area contributed by atoms with Crippen LogP contribution in [0.1, 0.15) is 39.5 Å². The molecule has 0 aliphatic heterocycles.